The number of carbonyl (C=O) groups excluding carboxylic acids is 1. The molecule has 0 fully saturated rings. The van der Waals surface area contributed by atoms with Gasteiger partial charge in [-0.2, -0.15) is 4.68 Å². The zero-order valence-electron chi connectivity index (χ0n) is 14.6. The van der Waals surface area contributed by atoms with Gasteiger partial charge in [0.05, 0.1) is 6.04 Å². The number of hydrogen-bond acceptors (Lipinski definition) is 7. The highest BCUT2D eigenvalue weighted by Gasteiger charge is 2.18. The quantitative estimate of drug-likeness (QED) is 0.543. The molecule has 0 aromatic carbocycles. The number of aromatic nitrogens is 6. The van der Waals surface area contributed by atoms with Crippen molar-refractivity contribution in [3.63, 3.8) is 0 Å². The van der Waals surface area contributed by atoms with E-state index < -0.39 is 11.5 Å². The van der Waals surface area contributed by atoms with E-state index in [-0.39, 0.29) is 41.7 Å². The first-order valence-corrected chi connectivity index (χ1v) is 8.40. The van der Waals surface area contributed by atoms with Crippen LogP contribution in [0.25, 0.3) is 5.95 Å². The van der Waals surface area contributed by atoms with Crippen LogP contribution in [-0.4, -0.2) is 35.9 Å². The number of nitrogens with zero attached hydrogens (tertiary/aromatic N) is 5. The maximum atomic E-state index is 12.4. The number of aromatic amines is 1. The Morgan fingerprint density at radius 1 is 1.19 bits per heavy atom. The molecule has 0 aliphatic rings. The Kier molecular flexibility index (Phi) is 6.23. The van der Waals surface area contributed by atoms with Crippen molar-refractivity contribution < 1.29 is 4.79 Å². The SMILES string of the molecule is Cc1cc(C)nc(-n2[nH]c(C(=O)NC(C)c3nnc(C)s3)cc2=O)n1.I. The standard InChI is InChI=1S/C15H17N7O2S.HI/c1-7-5-8(2)17-15(16-7)22-12(23)6-11(21-22)13(24)18-9(3)14-20-19-10(4)25-14;/h5-6,9,21H,1-4H3,(H,18,24);1H. The van der Waals surface area contributed by atoms with Gasteiger partial charge < -0.3 is 5.32 Å². The van der Waals surface area contributed by atoms with Crippen molar-refractivity contribution in [1.29, 1.82) is 0 Å². The van der Waals surface area contributed by atoms with Crippen LogP contribution in [0.4, 0.5) is 0 Å². The van der Waals surface area contributed by atoms with E-state index in [1.807, 2.05) is 20.8 Å². The molecule has 0 aliphatic heterocycles. The first-order chi connectivity index (χ1) is 11.8. The number of halogens is 1. The molecular formula is C15H18IN7O2S. The smallest absolute Gasteiger partial charge is 0.274 e. The number of H-pyrrole nitrogens is 1. The molecule has 0 spiro atoms. The summed E-state index contributed by atoms with van der Waals surface area (Å²) < 4.78 is 1.15. The predicted octanol–water partition coefficient (Wildman–Crippen LogP) is 1.84. The molecule has 0 saturated heterocycles. The van der Waals surface area contributed by atoms with Crippen LogP contribution < -0.4 is 10.9 Å². The van der Waals surface area contributed by atoms with E-state index in [0.29, 0.717) is 5.01 Å². The lowest BCUT2D eigenvalue weighted by molar-refractivity contribution is 0.0934. The molecule has 138 valence electrons. The molecule has 3 rings (SSSR count). The number of carbonyl (C=O) groups is 1. The molecule has 2 N–H and O–H groups in total. The summed E-state index contributed by atoms with van der Waals surface area (Å²) in [6, 6.07) is 2.70. The molecule has 0 aliphatic carbocycles. The number of amides is 1. The predicted molar refractivity (Wildman–Crippen MR) is 107 cm³/mol. The van der Waals surface area contributed by atoms with Crippen LogP contribution in [0.5, 0.6) is 0 Å². The lowest BCUT2D eigenvalue weighted by atomic mass is 10.3. The molecule has 3 heterocycles. The van der Waals surface area contributed by atoms with Crippen molar-refractivity contribution in [2.45, 2.75) is 33.7 Å². The highest BCUT2D eigenvalue weighted by molar-refractivity contribution is 14.0. The van der Waals surface area contributed by atoms with Gasteiger partial charge in [-0.15, -0.1) is 34.2 Å². The van der Waals surface area contributed by atoms with Crippen LogP contribution in [0.3, 0.4) is 0 Å². The van der Waals surface area contributed by atoms with E-state index in [1.54, 1.807) is 13.0 Å². The summed E-state index contributed by atoms with van der Waals surface area (Å²) in [4.78, 5) is 33.0. The first-order valence-electron chi connectivity index (χ1n) is 7.59. The fraction of sp³-hybridized carbons (Fsp3) is 0.333. The molecule has 26 heavy (non-hydrogen) atoms. The zero-order chi connectivity index (χ0) is 18.1. The number of aryl methyl sites for hydroxylation is 3. The van der Waals surface area contributed by atoms with Crippen molar-refractivity contribution in [1.82, 2.24) is 35.3 Å². The minimum Gasteiger partial charge on any atom is -0.342 e. The maximum absolute atomic E-state index is 12.4. The summed E-state index contributed by atoms with van der Waals surface area (Å²) in [7, 11) is 0. The molecule has 0 saturated carbocycles. The number of hydrogen-bond donors (Lipinski definition) is 2. The minimum atomic E-state index is -0.416. The summed E-state index contributed by atoms with van der Waals surface area (Å²) in [5, 5.41) is 15.0. The lowest BCUT2D eigenvalue weighted by Crippen LogP contribution is -2.27. The summed E-state index contributed by atoms with van der Waals surface area (Å²) in [6.45, 7) is 7.27. The third kappa shape index (κ3) is 4.33. The van der Waals surface area contributed by atoms with Crippen LogP contribution in [-0.2, 0) is 0 Å². The van der Waals surface area contributed by atoms with Gasteiger partial charge in [0.25, 0.3) is 17.4 Å². The molecule has 0 bridgehead atoms. The minimum absolute atomic E-state index is 0. The molecule has 11 heteroatoms. The molecular weight excluding hydrogens is 469 g/mol. The van der Waals surface area contributed by atoms with Crippen LogP contribution in [0, 0.1) is 20.8 Å². The van der Waals surface area contributed by atoms with E-state index in [2.05, 4.69) is 30.6 Å². The van der Waals surface area contributed by atoms with Crippen molar-refractivity contribution in [3.05, 3.63) is 49.6 Å². The Morgan fingerprint density at radius 2 is 1.85 bits per heavy atom. The second kappa shape index (κ2) is 8.03. The Labute approximate surface area is 170 Å². The molecule has 1 amide bonds. The Hall–Kier alpha value is -2.15. The van der Waals surface area contributed by atoms with Crippen LogP contribution in [0.15, 0.2) is 16.9 Å². The summed E-state index contributed by atoms with van der Waals surface area (Å²) in [6.07, 6.45) is 0. The van der Waals surface area contributed by atoms with E-state index >= 15 is 0 Å². The maximum Gasteiger partial charge on any atom is 0.274 e. The van der Waals surface area contributed by atoms with Crippen LogP contribution in [0.2, 0.25) is 0 Å². The Bertz CT molecular complexity index is 974. The third-order valence-electron chi connectivity index (χ3n) is 3.40. The normalized spacial score (nSPS) is 11.7. The van der Waals surface area contributed by atoms with E-state index in [0.717, 1.165) is 21.1 Å². The number of nitrogens with one attached hydrogen (secondary N) is 2. The van der Waals surface area contributed by atoms with Gasteiger partial charge >= 0.3 is 0 Å². The fourth-order valence-corrected chi connectivity index (χ4v) is 2.99. The Balaban J connectivity index is 0.00000243. The van der Waals surface area contributed by atoms with E-state index in [9.17, 15) is 9.59 Å². The highest BCUT2D eigenvalue weighted by atomic mass is 127. The van der Waals surface area contributed by atoms with Crippen LogP contribution in [0.1, 0.15) is 44.9 Å². The average Bonchev–Trinajstić information content (AvgIpc) is 3.12. The van der Waals surface area contributed by atoms with E-state index in [4.69, 9.17) is 0 Å². The molecule has 0 radical (unpaired) electrons. The van der Waals surface area contributed by atoms with Crippen molar-refractivity contribution in [2.24, 2.45) is 0 Å². The number of rotatable bonds is 4. The molecule has 1 unspecified atom stereocenters. The van der Waals surface area contributed by atoms with Gasteiger partial charge in [-0.25, -0.2) is 9.97 Å². The molecule has 3 aromatic rings. The summed E-state index contributed by atoms with van der Waals surface area (Å²) in [5.74, 6) is -0.213. The molecule has 1 atom stereocenters. The van der Waals surface area contributed by atoms with E-state index in [1.165, 1.54) is 17.4 Å². The Morgan fingerprint density at radius 3 is 2.42 bits per heavy atom. The summed E-state index contributed by atoms with van der Waals surface area (Å²) >= 11 is 1.41. The second-order valence-corrected chi connectivity index (χ2v) is 6.86. The summed E-state index contributed by atoms with van der Waals surface area (Å²) in [5.41, 5.74) is 1.18. The lowest BCUT2D eigenvalue weighted by Gasteiger charge is -2.09. The van der Waals surface area contributed by atoms with Crippen LogP contribution >= 0.6 is 35.3 Å². The molecule has 3 aromatic heterocycles. The van der Waals surface area contributed by atoms with Crippen molar-refractivity contribution >= 4 is 41.2 Å². The monoisotopic (exact) mass is 487 g/mol. The third-order valence-corrected chi connectivity index (χ3v) is 4.42. The fourth-order valence-electron chi connectivity index (χ4n) is 2.29. The second-order valence-electron chi connectivity index (χ2n) is 5.65. The average molecular weight is 487 g/mol. The van der Waals surface area contributed by atoms with Gasteiger partial charge in [0, 0.05) is 17.5 Å². The van der Waals surface area contributed by atoms with Gasteiger partial charge in [0.1, 0.15) is 15.7 Å². The van der Waals surface area contributed by atoms with Gasteiger partial charge in [-0.1, -0.05) is 11.3 Å². The van der Waals surface area contributed by atoms with Gasteiger partial charge in [-0.05, 0) is 33.8 Å². The highest BCUT2D eigenvalue weighted by Crippen LogP contribution is 2.17. The van der Waals surface area contributed by atoms with Gasteiger partial charge in [0.2, 0.25) is 0 Å². The van der Waals surface area contributed by atoms with Crippen molar-refractivity contribution in [2.75, 3.05) is 0 Å². The van der Waals surface area contributed by atoms with Gasteiger partial charge in [0.15, 0.2) is 0 Å². The zero-order valence-corrected chi connectivity index (χ0v) is 17.7. The topological polar surface area (TPSA) is 118 Å². The van der Waals surface area contributed by atoms with Gasteiger partial charge in [-0.3, -0.25) is 14.7 Å². The van der Waals surface area contributed by atoms with Crippen molar-refractivity contribution in [3.8, 4) is 5.95 Å². The first kappa shape index (κ1) is 20.2. The largest absolute Gasteiger partial charge is 0.342 e. The molecule has 9 nitrogen and oxygen atoms in total.